The van der Waals surface area contributed by atoms with Crippen LogP contribution in [0.15, 0.2) is 0 Å². The predicted molar refractivity (Wildman–Crippen MR) is 81.6 cm³/mol. The Morgan fingerprint density at radius 3 is 2.10 bits per heavy atom. The van der Waals surface area contributed by atoms with E-state index < -0.39 is 17.4 Å². The normalized spacial score (nSPS) is 13.7. The second-order valence-electron chi connectivity index (χ2n) is 7.25. The lowest BCUT2D eigenvalue weighted by molar-refractivity contribution is -0.137. The first-order valence-corrected chi connectivity index (χ1v) is 7.33. The maximum atomic E-state index is 11.7. The van der Waals surface area contributed by atoms with Gasteiger partial charge in [-0.15, -0.1) is 0 Å². The van der Waals surface area contributed by atoms with Crippen molar-refractivity contribution in [3.8, 4) is 0 Å². The second kappa shape index (κ2) is 8.34. The van der Waals surface area contributed by atoms with Gasteiger partial charge in [0.1, 0.15) is 6.10 Å². The molecule has 0 aromatic rings. The minimum atomic E-state index is -1.30. The Labute approximate surface area is 127 Å². The van der Waals surface area contributed by atoms with E-state index in [0.29, 0.717) is 6.54 Å². The van der Waals surface area contributed by atoms with Crippen LogP contribution < -0.4 is 10.6 Å². The molecule has 6 heteroatoms. The van der Waals surface area contributed by atoms with E-state index >= 15 is 0 Å². The number of aliphatic hydroxyl groups excluding tert-OH is 2. The van der Waals surface area contributed by atoms with Gasteiger partial charge in [-0.3, -0.25) is 9.59 Å². The number of hydrogen-bond acceptors (Lipinski definition) is 4. The molecule has 0 heterocycles. The van der Waals surface area contributed by atoms with Crippen LogP contribution in [0.1, 0.15) is 47.5 Å². The largest absolute Gasteiger partial charge is 0.396 e. The van der Waals surface area contributed by atoms with Gasteiger partial charge in [0.25, 0.3) is 0 Å². The van der Waals surface area contributed by atoms with E-state index in [-0.39, 0.29) is 30.9 Å². The van der Waals surface area contributed by atoms with Crippen LogP contribution in [0.25, 0.3) is 0 Å². The highest BCUT2D eigenvalue weighted by Crippen LogP contribution is 2.19. The first-order chi connectivity index (χ1) is 9.49. The Kier molecular flexibility index (Phi) is 7.89. The zero-order valence-corrected chi connectivity index (χ0v) is 13.8. The fourth-order valence-corrected chi connectivity index (χ4v) is 1.50. The third kappa shape index (κ3) is 8.67. The van der Waals surface area contributed by atoms with Gasteiger partial charge in [-0.25, -0.2) is 0 Å². The summed E-state index contributed by atoms with van der Waals surface area (Å²) in [5.74, 6) is -0.702. The van der Waals surface area contributed by atoms with E-state index in [2.05, 4.69) is 31.4 Å². The van der Waals surface area contributed by atoms with Gasteiger partial charge in [0, 0.05) is 24.9 Å². The van der Waals surface area contributed by atoms with Gasteiger partial charge in [-0.2, -0.15) is 0 Å². The lowest BCUT2D eigenvalue weighted by atomic mass is 9.87. The Bertz CT molecular complexity index is 348. The van der Waals surface area contributed by atoms with E-state index in [0.717, 1.165) is 6.42 Å². The Balaban J connectivity index is 3.94. The van der Waals surface area contributed by atoms with Crippen molar-refractivity contribution in [2.24, 2.45) is 10.8 Å². The average Bonchev–Trinajstić information content (AvgIpc) is 2.36. The van der Waals surface area contributed by atoms with Crippen LogP contribution in [0.4, 0.5) is 0 Å². The molecule has 4 N–H and O–H groups in total. The fraction of sp³-hybridized carbons (Fsp3) is 0.867. The molecule has 0 spiro atoms. The summed E-state index contributed by atoms with van der Waals surface area (Å²) < 4.78 is 0. The van der Waals surface area contributed by atoms with Crippen LogP contribution in [0.2, 0.25) is 0 Å². The molecule has 0 saturated carbocycles. The summed E-state index contributed by atoms with van der Waals surface area (Å²) in [6.07, 6.45) is -0.247. The number of aliphatic hydroxyl groups is 2. The van der Waals surface area contributed by atoms with Crippen molar-refractivity contribution < 1.29 is 19.8 Å². The molecule has 2 amide bonds. The van der Waals surface area contributed by atoms with Crippen LogP contribution in [0.5, 0.6) is 0 Å². The van der Waals surface area contributed by atoms with Crippen LogP contribution in [-0.4, -0.2) is 47.8 Å². The molecule has 0 radical (unpaired) electrons. The summed E-state index contributed by atoms with van der Waals surface area (Å²) in [5, 5.41) is 24.1. The van der Waals surface area contributed by atoms with Crippen molar-refractivity contribution in [2.45, 2.75) is 53.6 Å². The third-order valence-corrected chi connectivity index (χ3v) is 3.24. The molecule has 0 bridgehead atoms. The molecular formula is C15H30N2O4. The van der Waals surface area contributed by atoms with Crippen molar-refractivity contribution in [1.82, 2.24) is 10.6 Å². The van der Waals surface area contributed by atoms with Gasteiger partial charge >= 0.3 is 0 Å². The molecule has 0 aromatic heterocycles. The SMILES string of the molecule is CC(C)(C)CCNC(=O)CCNC(=O)[C@@H](O)C(C)(C)CO. The number of carbonyl (C=O) groups is 2. The van der Waals surface area contributed by atoms with Crippen molar-refractivity contribution >= 4 is 11.8 Å². The average molecular weight is 302 g/mol. The van der Waals surface area contributed by atoms with Crippen LogP contribution >= 0.6 is 0 Å². The first-order valence-electron chi connectivity index (χ1n) is 7.33. The van der Waals surface area contributed by atoms with E-state index in [4.69, 9.17) is 5.11 Å². The van der Waals surface area contributed by atoms with Crippen molar-refractivity contribution in [2.75, 3.05) is 19.7 Å². The topological polar surface area (TPSA) is 98.7 Å². The summed E-state index contributed by atoms with van der Waals surface area (Å²) in [7, 11) is 0. The molecule has 0 unspecified atom stereocenters. The van der Waals surface area contributed by atoms with E-state index in [1.165, 1.54) is 0 Å². The standard InChI is InChI=1S/C15H30N2O4/c1-14(2,3)7-9-16-11(19)6-8-17-13(21)12(20)15(4,5)10-18/h12,18,20H,6-10H2,1-5H3,(H,16,19)(H,17,21)/t12-/m1/s1. The molecule has 21 heavy (non-hydrogen) atoms. The van der Waals surface area contributed by atoms with E-state index in [9.17, 15) is 14.7 Å². The Morgan fingerprint density at radius 1 is 1.05 bits per heavy atom. The Morgan fingerprint density at radius 2 is 1.62 bits per heavy atom. The molecule has 0 aromatic carbocycles. The monoisotopic (exact) mass is 302 g/mol. The minimum Gasteiger partial charge on any atom is -0.396 e. The third-order valence-electron chi connectivity index (χ3n) is 3.24. The molecule has 0 aliphatic rings. The van der Waals surface area contributed by atoms with Gasteiger partial charge in [0.05, 0.1) is 6.61 Å². The molecule has 0 fully saturated rings. The van der Waals surface area contributed by atoms with Crippen LogP contribution in [0.3, 0.4) is 0 Å². The highest BCUT2D eigenvalue weighted by atomic mass is 16.3. The van der Waals surface area contributed by atoms with Gasteiger partial charge in [0.2, 0.25) is 11.8 Å². The molecule has 0 saturated heterocycles. The van der Waals surface area contributed by atoms with E-state index in [1.54, 1.807) is 13.8 Å². The molecule has 0 rings (SSSR count). The minimum absolute atomic E-state index is 0.129. The fourth-order valence-electron chi connectivity index (χ4n) is 1.50. The first kappa shape index (κ1) is 19.9. The summed E-state index contributed by atoms with van der Waals surface area (Å²) >= 11 is 0. The number of hydrogen-bond donors (Lipinski definition) is 4. The molecule has 1 atom stereocenters. The maximum Gasteiger partial charge on any atom is 0.249 e. The highest BCUT2D eigenvalue weighted by Gasteiger charge is 2.32. The van der Waals surface area contributed by atoms with Crippen LogP contribution in [0, 0.1) is 10.8 Å². The predicted octanol–water partition coefficient (Wildman–Crippen LogP) is 0.425. The summed E-state index contributed by atoms with van der Waals surface area (Å²) in [6, 6.07) is 0. The lowest BCUT2D eigenvalue weighted by Crippen LogP contribution is -2.46. The molecule has 0 aliphatic heterocycles. The highest BCUT2D eigenvalue weighted by molar-refractivity contribution is 5.82. The van der Waals surface area contributed by atoms with Gasteiger partial charge in [0.15, 0.2) is 0 Å². The number of nitrogens with one attached hydrogen (secondary N) is 2. The van der Waals surface area contributed by atoms with Crippen molar-refractivity contribution in [3.05, 3.63) is 0 Å². The molecule has 6 nitrogen and oxygen atoms in total. The number of carbonyl (C=O) groups excluding carboxylic acids is 2. The van der Waals surface area contributed by atoms with E-state index in [1.807, 2.05) is 0 Å². The maximum absolute atomic E-state index is 11.7. The van der Waals surface area contributed by atoms with Gasteiger partial charge in [-0.1, -0.05) is 34.6 Å². The number of rotatable bonds is 8. The lowest BCUT2D eigenvalue weighted by Gasteiger charge is -2.27. The van der Waals surface area contributed by atoms with Crippen molar-refractivity contribution in [1.29, 1.82) is 0 Å². The van der Waals surface area contributed by atoms with Gasteiger partial charge < -0.3 is 20.8 Å². The summed E-state index contributed by atoms with van der Waals surface area (Å²) in [5.41, 5.74) is -0.736. The van der Waals surface area contributed by atoms with Crippen molar-refractivity contribution in [3.63, 3.8) is 0 Å². The molecular weight excluding hydrogens is 272 g/mol. The molecule has 124 valence electrons. The summed E-state index contributed by atoms with van der Waals surface area (Å²) in [4.78, 5) is 23.2. The zero-order chi connectivity index (χ0) is 16.7. The Hall–Kier alpha value is -1.14. The smallest absolute Gasteiger partial charge is 0.249 e. The zero-order valence-electron chi connectivity index (χ0n) is 13.8. The summed E-state index contributed by atoms with van der Waals surface area (Å²) in [6.45, 7) is 9.97. The quantitative estimate of drug-likeness (QED) is 0.522. The number of amides is 2. The van der Waals surface area contributed by atoms with Gasteiger partial charge in [-0.05, 0) is 11.8 Å². The molecule has 0 aliphatic carbocycles. The van der Waals surface area contributed by atoms with Crippen LogP contribution in [-0.2, 0) is 9.59 Å². The second-order valence-corrected chi connectivity index (χ2v) is 7.25.